The van der Waals surface area contributed by atoms with E-state index in [4.69, 9.17) is 0 Å². The molecule has 2 aliphatic heterocycles. The molecule has 0 aliphatic carbocycles. The second kappa shape index (κ2) is 2.48. The van der Waals surface area contributed by atoms with E-state index >= 15 is 0 Å². The highest BCUT2D eigenvalue weighted by atomic mass is 16.1. The van der Waals surface area contributed by atoms with Gasteiger partial charge in [-0.25, -0.2) is 4.99 Å². The van der Waals surface area contributed by atoms with Crippen LogP contribution in [0.15, 0.2) is 40.5 Å². The zero-order chi connectivity index (χ0) is 9.54. The Morgan fingerprint density at radius 2 is 2.00 bits per heavy atom. The summed E-state index contributed by atoms with van der Waals surface area (Å²) in [4.78, 5) is 19.6. The Kier molecular flexibility index (Phi) is 1.31. The lowest BCUT2D eigenvalue weighted by molar-refractivity contribution is -0.106. The molecule has 0 fully saturated rings. The molecular formula is C11H6N2O. The summed E-state index contributed by atoms with van der Waals surface area (Å²) in [5, 5.41) is 0. The van der Waals surface area contributed by atoms with E-state index in [9.17, 15) is 4.79 Å². The number of ketones is 1. The molecule has 1 aromatic rings. The third kappa shape index (κ3) is 0.836. The SMILES string of the molecule is O=C1C=NC=C2C1=Nc1ccccc12. The fourth-order valence-corrected chi connectivity index (χ4v) is 1.67. The first-order valence-corrected chi connectivity index (χ1v) is 4.32. The Morgan fingerprint density at radius 3 is 2.93 bits per heavy atom. The van der Waals surface area contributed by atoms with Crippen molar-refractivity contribution in [3.05, 3.63) is 36.0 Å². The number of Topliss-reactive ketones (excluding diaryl/α,β-unsaturated/α-hetero) is 1. The number of rotatable bonds is 0. The number of hydrogen-bond acceptors (Lipinski definition) is 3. The second-order valence-electron chi connectivity index (χ2n) is 3.16. The highest BCUT2D eigenvalue weighted by molar-refractivity contribution is 6.72. The van der Waals surface area contributed by atoms with Gasteiger partial charge in [-0.3, -0.25) is 9.79 Å². The fraction of sp³-hybridized carbons (Fsp3) is 0. The standard InChI is InChI=1S/C11H6N2O/c14-10-6-12-5-8-7-3-1-2-4-9(7)13-11(8)10/h1-6H. The molecule has 1 aromatic carbocycles. The van der Waals surface area contributed by atoms with Crippen molar-refractivity contribution in [2.45, 2.75) is 0 Å². The second-order valence-corrected chi connectivity index (χ2v) is 3.16. The summed E-state index contributed by atoms with van der Waals surface area (Å²) in [6, 6.07) is 7.69. The molecule has 0 unspecified atom stereocenters. The number of benzene rings is 1. The van der Waals surface area contributed by atoms with Crippen molar-refractivity contribution < 1.29 is 4.79 Å². The summed E-state index contributed by atoms with van der Waals surface area (Å²) < 4.78 is 0. The van der Waals surface area contributed by atoms with Crippen LogP contribution in [0.1, 0.15) is 5.56 Å². The van der Waals surface area contributed by atoms with E-state index in [1.54, 1.807) is 6.20 Å². The van der Waals surface area contributed by atoms with Crippen LogP contribution in [0.4, 0.5) is 5.69 Å². The Hall–Kier alpha value is -2.03. The van der Waals surface area contributed by atoms with E-state index in [0.29, 0.717) is 5.71 Å². The topological polar surface area (TPSA) is 41.8 Å². The average molecular weight is 182 g/mol. The van der Waals surface area contributed by atoms with E-state index in [1.165, 1.54) is 6.21 Å². The number of nitrogens with zero attached hydrogens (tertiary/aromatic N) is 2. The van der Waals surface area contributed by atoms with Gasteiger partial charge in [-0.1, -0.05) is 18.2 Å². The maximum atomic E-state index is 11.4. The first-order valence-electron chi connectivity index (χ1n) is 4.32. The number of para-hydroxylation sites is 1. The van der Waals surface area contributed by atoms with Crippen LogP contribution >= 0.6 is 0 Å². The van der Waals surface area contributed by atoms with Crippen molar-refractivity contribution in [2.24, 2.45) is 9.98 Å². The van der Waals surface area contributed by atoms with Crippen LogP contribution in [-0.2, 0) is 4.79 Å². The predicted molar refractivity (Wildman–Crippen MR) is 55.0 cm³/mol. The fourth-order valence-electron chi connectivity index (χ4n) is 1.67. The lowest BCUT2D eigenvalue weighted by atomic mass is 10.0. The molecule has 0 saturated carbocycles. The third-order valence-electron chi connectivity index (χ3n) is 2.31. The molecule has 0 N–H and O–H groups in total. The van der Waals surface area contributed by atoms with Crippen molar-refractivity contribution in [1.29, 1.82) is 0 Å². The van der Waals surface area contributed by atoms with Crippen molar-refractivity contribution in [1.82, 2.24) is 0 Å². The molecule has 0 spiro atoms. The van der Waals surface area contributed by atoms with E-state index in [2.05, 4.69) is 9.98 Å². The molecule has 0 atom stereocenters. The minimum atomic E-state index is -0.112. The van der Waals surface area contributed by atoms with Gasteiger partial charge >= 0.3 is 0 Å². The molecule has 0 bridgehead atoms. The molecule has 66 valence electrons. The van der Waals surface area contributed by atoms with Crippen LogP contribution in [0.25, 0.3) is 5.57 Å². The van der Waals surface area contributed by atoms with Crippen LogP contribution in [0, 0.1) is 0 Å². The first-order chi connectivity index (χ1) is 6.86. The Balaban J connectivity index is 2.29. The summed E-state index contributed by atoms with van der Waals surface area (Å²) in [6.45, 7) is 0. The maximum absolute atomic E-state index is 11.4. The summed E-state index contributed by atoms with van der Waals surface area (Å²) in [6.07, 6.45) is 2.99. The van der Waals surface area contributed by atoms with Gasteiger partial charge < -0.3 is 0 Å². The lowest BCUT2D eigenvalue weighted by Gasteiger charge is -2.03. The van der Waals surface area contributed by atoms with Gasteiger partial charge in [0, 0.05) is 17.3 Å². The molecule has 0 radical (unpaired) electrons. The number of hydrogen-bond donors (Lipinski definition) is 0. The molecule has 3 rings (SSSR count). The minimum absolute atomic E-state index is 0.112. The first kappa shape index (κ1) is 7.38. The van der Waals surface area contributed by atoms with E-state index < -0.39 is 0 Å². The normalized spacial score (nSPS) is 17.3. The van der Waals surface area contributed by atoms with Gasteiger partial charge in [0.2, 0.25) is 5.78 Å². The third-order valence-corrected chi connectivity index (χ3v) is 2.31. The Bertz CT molecular complexity index is 524. The number of fused-ring (bicyclic) bond motifs is 3. The number of carbonyl (C=O) groups excluding carboxylic acids is 1. The quantitative estimate of drug-likeness (QED) is 0.602. The minimum Gasteiger partial charge on any atom is -0.286 e. The lowest BCUT2D eigenvalue weighted by Crippen LogP contribution is -2.16. The smallest absolute Gasteiger partial charge is 0.223 e. The van der Waals surface area contributed by atoms with Gasteiger partial charge in [0.25, 0.3) is 0 Å². The van der Waals surface area contributed by atoms with Crippen LogP contribution in [0.2, 0.25) is 0 Å². The van der Waals surface area contributed by atoms with Crippen molar-refractivity contribution in [3.63, 3.8) is 0 Å². The van der Waals surface area contributed by atoms with Gasteiger partial charge in [-0.2, -0.15) is 0 Å². The molecule has 0 amide bonds. The molecule has 0 saturated heterocycles. The molecule has 2 heterocycles. The van der Waals surface area contributed by atoms with Gasteiger partial charge in [0.15, 0.2) is 0 Å². The van der Waals surface area contributed by atoms with Crippen molar-refractivity contribution in [2.75, 3.05) is 0 Å². The number of carbonyl (C=O) groups is 1. The van der Waals surface area contributed by atoms with Crippen LogP contribution in [-0.4, -0.2) is 17.7 Å². The van der Waals surface area contributed by atoms with Crippen molar-refractivity contribution >= 4 is 29.0 Å². The Morgan fingerprint density at radius 1 is 1.14 bits per heavy atom. The van der Waals surface area contributed by atoms with Crippen LogP contribution in [0.3, 0.4) is 0 Å². The van der Waals surface area contributed by atoms with Gasteiger partial charge in [-0.15, -0.1) is 0 Å². The monoisotopic (exact) mass is 182 g/mol. The highest BCUT2D eigenvalue weighted by Gasteiger charge is 2.26. The zero-order valence-corrected chi connectivity index (χ0v) is 7.27. The van der Waals surface area contributed by atoms with E-state index in [1.807, 2.05) is 24.3 Å². The van der Waals surface area contributed by atoms with E-state index in [0.717, 1.165) is 16.8 Å². The predicted octanol–water partition coefficient (Wildman–Crippen LogP) is 1.77. The molecule has 2 aliphatic rings. The Labute approximate surface area is 80.5 Å². The van der Waals surface area contributed by atoms with Crippen LogP contribution < -0.4 is 0 Å². The summed E-state index contributed by atoms with van der Waals surface area (Å²) in [5.74, 6) is -0.112. The highest BCUT2D eigenvalue weighted by Crippen LogP contribution is 2.35. The van der Waals surface area contributed by atoms with Crippen LogP contribution in [0.5, 0.6) is 0 Å². The summed E-state index contributed by atoms with van der Waals surface area (Å²) >= 11 is 0. The zero-order valence-electron chi connectivity index (χ0n) is 7.27. The number of aliphatic imine (C=N–C) groups is 2. The maximum Gasteiger partial charge on any atom is 0.223 e. The molecule has 14 heavy (non-hydrogen) atoms. The largest absolute Gasteiger partial charge is 0.286 e. The van der Waals surface area contributed by atoms with Crippen molar-refractivity contribution in [3.8, 4) is 0 Å². The van der Waals surface area contributed by atoms with Gasteiger partial charge in [0.05, 0.1) is 11.9 Å². The molecule has 3 nitrogen and oxygen atoms in total. The van der Waals surface area contributed by atoms with Gasteiger partial charge in [-0.05, 0) is 6.07 Å². The summed E-state index contributed by atoms with van der Waals surface area (Å²) in [7, 11) is 0. The molecular weight excluding hydrogens is 176 g/mol. The summed E-state index contributed by atoms with van der Waals surface area (Å²) in [5.41, 5.74) is 3.20. The number of allylic oxidation sites excluding steroid dienone is 1. The average Bonchev–Trinajstić information content (AvgIpc) is 2.59. The van der Waals surface area contributed by atoms with E-state index in [-0.39, 0.29) is 5.78 Å². The molecule has 3 heteroatoms. The molecule has 0 aromatic heterocycles. The van der Waals surface area contributed by atoms with Gasteiger partial charge in [0.1, 0.15) is 5.71 Å².